The van der Waals surface area contributed by atoms with E-state index in [1.165, 1.54) is 4.90 Å². The first-order valence-corrected chi connectivity index (χ1v) is 12.3. The third-order valence-electron chi connectivity index (χ3n) is 6.28. The van der Waals surface area contributed by atoms with E-state index in [-0.39, 0.29) is 19.1 Å². The molecule has 0 bridgehead atoms. The second kappa shape index (κ2) is 11.5. The number of carbonyl (C=O) groups is 2. The van der Waals surface area contributed by atoms with Gasteiger partial charge in [0.25, 0.3) is 0 Å². The summed E-state index contributed by atoms with van der Waals surface area (Å²) in [5, 5.41) is 10.2. The summed E-state index contributed by atoms with van der Waals surface area (Å²) in [5.41, 5.74) is 2.64. The highest BCUT2D eigenvalue weighted by Crippen LogP contribution is 2.29. The number of ether oxygens (including phenoxy) is 2. The number of amides is 1. The zero-order chi connectivity index (χ0) is 25.7. The Labute approximate surface area is 214 Å². The number of aryl methyl sites for hydroxylation is 1. The number of aliphatic carboxylic acids is 1. The summed E-state index contributed by atoms with van der Waals surface area (Å²) >= 11 is 6.07. The molecule has 3 aromatic rings. The third-order valence-corrected chi connectivity index (χ3v) is 6.51. The second-order valence-electron chi connectivity index (χ2n) is 8.79. The van der Waals surface area contributed by atoms with Crippen molar-refractivity contribution in [3.05, 3.63) is 70.6 Å². The Kier molecular flexibility index (Phi) is 8.15. The largest absolute Gasteiger partial charge is 0.493 e. The average Bonchev–Trinajstić information content (AvgIpc) is 3.44. The molecule has 4 rings (SSSR count). The Hall–Kier alpha value is -3.52. The van der Waals surface area contributed by atoms with Crippen molar-refractivity contribution in [2.24, 2.45) is 11.8 Å². The van der Waals surface area contributed by atoms with Crippen LogP contribution in [0.1, 0.15) is 23.9 Å². The van der Waals surface area contributed by atoms with Crippen molar-refractivity contribution in [1.82, 2.24) is 9.88 Å². The van der Waals surface area contributed by atoms with E-state index in [0.717, 1.165) is 22.6 Å². The molecule has 1 amide bonds. The maximum absolute atomic E-state index is 12.0. The maximum atomic E-state index is 12.0. The van der Waals surface area contributed by atoms with Crippen LogP contribution in [-0.4, -0.2) is 53.4 Å². The topological polar surface area (TPSA) is 102 Å². The number of rotatable bonds is 9. The van der Waals surface area contributed by atoms with Gasteiger partial charge < -0.3 is 23.9 Å². The van der Waals surface area contributed by atoms with Crippen LogP contribution in [0.5, 0.6) is 5.75 Å². The minimum Gasteiger partial charge on any atom is -0.493 e. The predicted molar refractivity (Wildman–Crippen MR) is 134 cm³/mol. The van der Waals surface area contributed by atoms with Crippen LogP contribution >= 0.6 is 11.6 Å². The van der Waals surface area contributed by atoms with E-state index in [2.05, 4.69) is 4.98 Å². The molecule has 0 spiro atoms. The van der Waals surface area contributed by atoms with Crippen LogP contribution in [-0.2, 0) is 22.4 Å². The third kappa shape index (κ3) is 6.18. The number of carboxylic acids is 1. The van der Waals surface area contributed by atoms with Gasteiger partial charge in [-0.05, 0) is 62.1 Å². The summed E-state index contributed by atoms with van der Waals surface area (Å²) in [6.45, 7) is 4.83. The van der Waals surface area contributed by atoms with E-state index in [1.54, 1.807) is 13.0 Å². The Morgan fingerprint density at radius 1 is 1.19 bits per heavy atom. The van der Waals surface area contributed by atoms with Gasteiger partial charge in [-0.2, -0.15) is 0 Å². The molecule has 0 saturated carbocycles. The number of likely N-dealkylation sites (tertiary alicyclic amines) is 1. The van der Waals surface area contributed by atoms with Gasteiger partial charge in [-0.15, -0.1) is 0 Å². The average molecular weight is 513 g/mol. The van der Waals surface area contributed by atoms with Gasteiger partial charge in [-0.25, -0.2) is 9.78 Å². The lowest BCUT2D eigenvalue weighted by atomic mass is 9.90. The smallest absolute Gasteiger partial charge is 0.409 e. The molecule has 0 unspecified atom stereocenters. The van der Waals surface area contributed by atoms with Crippen LogP contribution in [0.3, 0.4) is 0 Å². The van der Waals surface area contributed by atoms with E-state index >= 15 is 0 Å². The summed E-state index contributed by atoms with van der Waals surface area (Å²) in [7, 11) is 0. The lowest BCUT2D eigenvalue weighted by molar-refractivity contribution is -0.142. The molecule has 1 aliphatic heterocycles. The van der Waals surface area contributed by atoms with E-state index in [1.807, 2.05) is 49.4 Å². The van der Waals surface area contributed by atoms with E-state index in [9.17, 15) is 14.7 Å². The van der Waals surface area contributed by atoms with Crippen molar-refractivity contribution in [3.63, 3.8) is 0 Å². The maximum Gasteiger partial charge on any atom is 0.409 e. The minimum atomic E-state index is -0.895. The standard InChI is InChI=1S/C27H29ClN2O6/c1-3-34-27(33)30-15-20(23(16-30)26(31)32)13-18-7-9-22(10-8-18)35-12-11-24-17(2)36-25(29-24)19-5-4-6-21(28)14-19/h4-10,14,20,23H,3,11-13,15-16H2,1-2H3,(H,31,32)/t20-,23+/m1/s1. The number of carboxylic acid groups (broad SMARTS) is 1. The molecule has 0 aliphatic carbocycles. The van der Waals surface area contributed by atoms with Gasteiger partial charge in [0, 0.05) is 30.1 Å². The molecule has 2 heterocycles. The number of benzene rings is 2. The normalized spacial score (nSPS) is 17.2. The highest BCUT2D eigenvalue weighted by Gasteiger charge is 2.40. The van der Waals surface area contributed by atoms with Crippen LogP contribution in [0.25, 0.3) is 11.5 Å². The van der Waals surface area contributed by atoms with Crippen molar-refractivity contribution < 1.29 is 28.6 Å². The van der Waals surface area contributed by atoms with Crippen LogP contribution in [0.15, 0.2) is 52.9 Å². The molecule has 190 valence electrons. The molecule has 8 nitrogen and oxygen atoms in total. The van der Waals surface area contributed by atoms with Gasteiger partial charge in [0.2, 0.25) is 5.89 Å². The van der Waals surface area contributed by atoms with Crippen LogP contribution in [0.4, 0.5) is 4.79 Å². The molecule has 1 aromatic heterocycles. The molecular formula is C27H29ClN2O6. The Morgan fingerprint density at radius 2 is 1.97 bits per heavy atom. The van der Waals surface area contributed by atoms with Crippen molar-refractivity contribution in [2.45, 2.75) is 26.7 Å². The van der Waals surface area contributed by atoms with Gasteiger partial charge in [-0.1, -0.05) is 29.8 Å². The first-order chi connectivity index (χ1) is 17.3. The summed E-state index contributed by atoms with van der Waals surface area (Å²) in [6, 6.07) is 15.0. The molecule has 1 fully saturated rings. The number of halogens is 1. The zero-order valence-corrected chi connectivity index (χ0v) is 21.0. The molecular weight excluding hydrogens is 484 g/mol. The predicted octanol–water partition coefficient (Wildman–Crippen LogP) is 5.26. The van der Waals surface area contributed by atoms with Gasteiger partial charge in [0.15, 0.2) is 0 Å². The highest BCUT2D eigenvalue weighted by molar-refractivity contribution is 6.30. The first-order valence-electron chi connectivity index (χ1n) is 11.9. The van der Waals surface area contributed by atoms with Crippen molar-refractivity contribution >= 4 is 23.7 Å². The van der Waals surface area contributed by atoms with Gasteiger partial charge >= 0.3 is 12.1 Å². The highest BCUT2D eigenvalue weighted by atomic mass is 35.5. The van der Waals surface area contributed by atoms with Crippen molar-refractivity contribution in [3.8, 4) is 17.2 Å². The lowest BCUT2D eigenvalue weighted by Crippen LogP contribution is -2.30. The fourth-order valence-electron chi connectivity index (χ4n) is 4.42. The van der Waals surface area contributed by atoms with E-state index < -0.39 is 18.0 Å². The van der Waals surface area contributed by atoms with Gasteiger partial charge in [-0.3, -0.25) is 4.79 Å². The summed E-state index contributed by atoms with van der Waals surface area (Å²) in [5.74, 6) is 0.292. The summed E-state index contributed by atoms with van der Waals surface area (Å²) in [6.07, 6.45) is 0.679. The Balaban J connectivity index is 1.31. The minimum absolute atomic E-state index is 0.167. The fourth-order valence-corrected chi connectivity index (χ4v) is 4.61. The number of hydrogen-bond acceptors (Lipinski definition) is 6. The number of aromatic nitrogens is 1. The van der Waals surface area contributed by atoms with E-state index in [4.69, 9.17) is 25.5 Å². The van der Waals surface area contributed by atoms with Gasteiger partial charge in [0.1, 0.15) is 11.5 Å². The summed E-state index contributed by atoms with van der Waals surface area (Å²) < 4.78 is 16.7. The Morgan fingerprint density at radius 3 is 2.67 bits per heavy atom. The van der Waals surface area contributed by atoms with Crippen LogP contribution in [0.2, 0.25) is 5.02 Å². The van der Waals surface area contributed by atoms with Crippen molar-refractivity contribution in [2.75, 3.05) is 26.3 Å². The van der Waals surface area contributed by atoms with Crippen molar-refractivity contribution in [1.29, 1.82) is 0 Å². The number of carbonyl (C=O) groups excluding carboxylic acids is 1. The molecule has 1 aliphatic rings. The molecule has 1 saturated heterocycles. The van der Waals surface area contributed by atoms with Crippen LogP contribution in [0, 0.1) is 18.8 Å². The lowest BCUT2D eigenvalue weighted by Gasteiger charge is -2.16. The van der Waals surface area contributed by atoms with E-state index in [0.29, 0.717) is 42.7 Å². The Bertz CT molecular complexity index is 1210. The quantitative estimate of drug-likeness (QED) is 0.417. The SMILES string of the molecule is CCOC(=O)N1C[C@@H](Cc2ccc(OCCc3nc(-c4cccc(Cl)c4)oc3C)cc2)[C@@H](C(=O)O)C1. The molecule has 36 heavy (non-hydrogen) atoms. The fraction of sp³-hybridized carbons (Fsp3) is 0.370. The molecule has 0 radical (unpaired) electrons. The number of hydrogen-bond donors (Lipinski definition) is 1. The first kappa shape index (κ1) is 25.6. The van der Waals surface area contributed by atoms with Gasteiger partial charge in [0.05, 0.1) is 24.8 Å². The number of nitrogens with zero attached hydrogens (tertiary/aromatic N) is 2. The molecule has 9 heteroatoms. The number of oxazole rings is 1. The second-order valence-corrected chi connectivity index (χ2v) is 9.22. The molecule has 2 aromatic carbocycles. The monoisotopic (exact) mass is 512 g/mol. The summed E-state index contributed by atoms with van der Waals surface area (Å²) in [4.78, 5) is 29.8. The molecule has 1 N–H and O–H groups in total. The zero-order valence-electron chi connectivity index (χ0n) is 20.3. The molecule has 2 atom stereocenters. The van der Waals surface area contributed by atoms with Crippen LogP contribution < -0.4 is 4.74 Å².